The average molecular weight is 672 g/mol. The summed E-state index contributed by atoms with van der Waals surface area (Å²) in [7, 11) is 0. The topological polar surface area (TPSA) is 18.5 Å². The molecule has 1 aliphatic heterocycles. The molecule has 43 heavy (non-hydrogen) atoms. The fraction of sp³-hybridized carbons (Fsp3) is 0.913. The van der Waals surface area contributed by atoms with Crippen LogP contribution in [0, 0.1) is 17.3 Å². The van der Waals surface area contributed by atoms with Crippen LogP contribution in [0.15, 0.2) is 12.7 Å². The van der Waals surface area contributed by atoms with E-state index in [2.05, 4.69) is 16.1 Å². The Labute approximate surface area is 230 Å². The van der Waals surface area contributed by atoms with Gasteiger partial charge in [0, 0.05) is 12.0 Å². The third-order valence-corrected chi connectivity index (χ3v) is 8.55. The van der Waals surface area contributed by atoms with Crippen molar-refractivity contribution in [1.82, 2.24) is 0 Å². The zero-order valence-electron chi connectivity index (χ0n) is 21.3. The van der Waals surface area contributed by atoms with Crippen LogP contribution in [0.2, 0.25) is 0 Å². The van der Waals surface area contributed by atoms with Crippen LogP contribution in [0.4, 0.5) is 79.0 Å². The van der Waals surface area contributed by atoms with Crippen molar-refractivity contribution in [2.75, 3.05) is 6.61 Å². The van der Waals surface area contributed by atoms with Gasteiger partial charge in [-0.1, -0.05) is 6.08 Å². The number of hydrogen-bond acceptors (Lipinski definition) is 2. The van der Waals surface area contributed by atoms with Crippen molar-refractivity contribution in [3.05, 3.63) is 12.7 Å². The SMILES string of the molecule is C=CC1CC2CCC1(C(OC1CCCCO1)(C(F)(F)C(F)(F)C(F)(F)C(F)(F)F)C(F)(F)C(F)(F)C(F)(F)C(F)(F)F)C2. The van der Waals surface area contributed by atoms with Gasteiger partial charge in [-0.3, -0.25) is 0 Å². The van der Waals surface area contributed by atoms with Gasteiger partial charge in [-0.05, 0) is 56.8 Å². The molecule has 2 nitrogen and oxygen atoms in total. The van der Waals surface area contributed by atoms with E-state index >= 15 is 35.1 Å². The Kier molecular flexibility index (Phi) is 8.51. The summed E-state index contributed by atoms with van der Waals surface area (Å²) < 4.78 is 268. The summed E-state index contributed by atoms with van der Waals surface area (Å²) in [5.41, 5.74) is -10.5. The third kappa shape index (κ3) is 4.47. The van der Waals surface area contributed by atoms with Crippen LogP contribution >= 0.6 is 0 Å². The standard InChI is InChI=1S/C23H22F18O2/c1-2-12-9-11-6-7-14(12,10-11)15(43-13-5-3-4-8-42-13,16(24,25)18(28,29)20(32,33)22(36,37)38)17(26,27)19(30,31)21(34,35)23(39,40)41/h2,11-13H,1,3-10H2. The summed E-state index contributed by atoms with van der Waals surface area (Å²) in [6.07, 6.45) is -23.6. The minimum absolute atomic E-state index is 0.0766. The summed E-state index contributed by atoms with van der Waals surface area (Å²) in [6.45, 7) is 2.30. The summed E-state index contributed by atoms with van der Waals surface area (Å²) in [5, 5.41) is 0. The van der Waals surface area contributed by atoms with Crippen LogP contribution in [0.25, 0.3) is 0 Å². The van der Waals surface area contributed by atoms with Gasteiger partial charge in [0.25, 0.3) is 0 Å². The van der Waals surface area contributed by atoms with E-state index in [0.29, 0.717) is 6.08 Å². The number of hydrogen-bond donors (Lipinski definition) is 0. The van der Waals surface area contributed by atoms with Crippen molar-refractivity contribution in [3.8, 4) is 0 Å². The Hall–Kier alpha value is -1.60. The van der Waals surface area contributed by atoms with Gasteiger partial charge in [0.2, 0.25) is 5.60 Å². The molecule has 3 fully saturated rings. The average Bonchev–Trinajstić information content (AvgIpc) is 3.45. The molecule has 0 amide bonds. The Morgan fingerprint density at radius 3 is 1.44 bits per heavy atom. The summed E-state index contributed by atoms with van der Waals surface area (Å²) in [4.78, 5) is 0. The second kappa shape index (κ2) is 10.2. The lowest BCUT2D eigenvalue weighted by Crippen LogP contribution is -2.84. The fourth-order valence-electron chi connectivity index (χ4n) is 6.49. The minimum atomic E-state index is -8.22. The lowest BCUT2D eigenvalue weighted by molar-refractivity contribution is -0.497. The van der Waals surface area contributed by atoms with Gasteiger partial charge in [-0.25, -0.2) is 0 Å². The first kappa shape index (κ1) is 35.9. The normalized spacial score (nSPS) is 28.8. The lowest BCUT2D eigenvalue weighted by Gasteiger charge is -2.59. The predicted octanol–water partition coefficient (Wildman–Crippen LogP) is 9.20. The lowest BCUT2D eigenvalue weighted by atomic mass is 9.56. The highest BCUT2D eigenvalue weighted by molar-refractivity contribution is 5.30. The molecule has 0 spiro atoms. The second-order valence-corrected chi connectivity index (χ2v) is 10.9. The molecule has 20 heteroatoms. The quantitative estimate of drug-likeness (QED) is 0.170. The highest BCUT2D eigenvalue weighted by atomic mass is 19.4. The number of alkyl halides is 18. The van der Waals surface area contributed by atoms with Crippen molar-refractivity contribution in [2.24, 2.45) is 17.3 Å². The van der Waals surface area contributed by atoms with Crippen molar-refractivity contribution in [2.45, 2.75) is 105 Å². The maximum absolute atomic E-state index is 16.1. The van der Waals surface area contributed by atoms with Gasteiger partial charge in [0.1, 0.15) is 0 Å². The molecule has 3 rings (SSSR count). The number of ether oxygens (including phenoxy) is 2. The molecule has 1 heterocycles. The van der Waals surface area contributed by atoms with E-state index in [9.17, 15) is 43.9 Å². The minimum Gasteiger partial charge on any atom is -0.353 e. The molecule has 252 valence electrons. The third-order valence-electron chi connectivity index (χ3n) is 8.55. The number of rotatable bonds is 10. The zero-order chi connectivity index (χ0) is 33.5. The highest BCUT2D eigenvalue weighted by Gasteiger charge is 2.99. The van der Waals surface area contributed by atoms with E-state index < -0.39 is 116 Å². The van der Waals surface area contributed by atoms with Crippen molar-refractivity contribution in [1.29, 1.82) is 0 Å². The molecule has 2 bridgehead atoms. The Bertz CT molecular complexity index is 992. The molecule has 4 unspecified atom stereocenters. The Morgan fingerprint density at radius 2 is 1.09 bits per heavy atom. The second-order valence-electron chi connectivity index (χ2n) is 10.9. The molecular weight excluding hydrogens is 650 g/mol. The van der Waals surface area contributed by atoms with Crippen LogP contribution in [0.5, 0.6) is 0 Å². The smallest absolute Gasteiger partial charge is 0.353 e. The molecule has 2 saturated carbocycles. The number of halogens is 18. The van der Waals surface area contributed by atoms with Crippen molar-refractivity contribution < 1.29 is 88.5 Å². The predicted molar refractivity (Wildman–Crippen MR) is 107 cm³/mol. The highest BCUT2D eigenvalue weighted by Crippen LogP contribution is 2.76. The molecule has 0 aromatic carbocycles. The Morgan fingerprint density at radius 1 is 0.628 bits per heavy atom. The first-order valence-corrected chi connectivity index (χ1v) is 12.4. The largest absolute Gasteiger partial charge is 0.460 e. The van der Waals surface area contributed by atoms with E-state index in [-0.39, 0.29) is 12.8 Å². The van der Waals surface area contributed by atoms with Gasteiger partial charge >= 0.3 is 47.9 Å². The number of allylic oxidation sites excluding steroid dienone is 1. The van der Waals surface area contributed by atoms with E-state index in [0.717, 1.165) is 0 Å². The van der Waals surface area contributed by atoms with E-state index in [1.165, 1.54) is 0 Å². The molecule has 1 saturated heterocycles. The molecule has 0 N–H and O–H groups in total. The van der Waals surface area contributed by atoms with Crippen molar-refractivity contribution >= 4 is 0 Å². The first-order chi connectivity index (χ1) is 19.1. The zero-order valence-corrected chi connectivity index (χ0v) is 21.3. The molecule has 3 aliphatic rings. The number of fused-ring (bicyclic) bond motifs is 2. The van der Waals surface area contributed by atoms with Crippen LogP contribution in [-0.4, -0.2) is 66.4 Å². The van der Waals surface area contributed by atoms with E-state index in [1.807, 2.05) is 0 Å². The molecule has 0 aromatic heterocycles. The summed E-state index contributed by atoms with van der Waals surface area (Å²) in [6, 6.07) is 0. The molecule has 0 aromatic rings. The molecule has 0 radical (unpaired) electrons. The fourth-order valence-corrected chi connectivity index (χ4v) is 6.49. The van der Waals surface area contributed by atoms with Crippen LogP contribution < -0.4 is 0 Å². The van der Waals surface area contributed by atoms with Gasteiger partial charge < -0.3 is 9.47 Å². The summed E-state index contributed by atoms with van der Waals surface area (Å²) >= 11 is 0. The van der Waals surface area contributed by atoms with Gasteiger partial charge in [0.05, 0.1) is 0 Å². The molecule has 4 atom stereocenters. The monoisotopic (exact) mass is 672 g/mol. The maximum Gasteiger partial charge on any atom is 0.460 e. The summed E-state index contributed by atoms with van der Waals surface area (Å²) in [5.74, 6) is -51.9. The van der Waals surface area contributed by atoms with Gasteiger partial charge in [-0.15, -0.1) is 6.58 Å². The molecule has 2 aliphatic carbocycles. The van der Waals surface area contributed by atoms with Gasteiger partial charge in [0.15, 0.2) is 6.29 Å². The van der Waals surface area contributed by atoms with Crippen LogP contribution in [0.3, 0.4) is 0 Å². The Balaban J connectivity index is 2.57. The first-order valence-electron chi connectivity index (χ1n) is 12.4. The van der Waals surface area contributed by atoms with E-state index in [4.69, 9.17) is 0 Å². The van der Waals surface area contributed by atoms with E-state index in [1.54, 1.807) is 0 Å². The van der Waals surface area contributed by atoms with Gasteiger partial charge in [-0.2, -0.15) is 79.0 Å². The maximum atomic E-state index is 16.1. The van der Waals surface area contributed by atoms with Crippen molar-refractivity contribution in [3.63, 3.8) is 0 Å². The van der Waals surface area contributed by atoms with Crippen LogP contribution in [-0.2, 0) is 9.47 Å². The van der Waals surface area contributed by atoms with Crippen LogP contribution in [0.1, 0.15) is 44.9 Å². The molecular formula is C23H22F18O2.